The van der Waals surface area contributed by atoms with Crippen LogP contribution >= 0.6 is 0 Å². The predicted molar refractivity (Wildman–Crippen MR) is 124 cm³/mol. The van der Waals surface area contributed by atoms with Gasteiger partial charge in [0, 0.05) is 33.0 Å². The van der Waals surface area contributed by atoms with Crippen molar-refractivity contribution in [2.45, 2.75) is 46.0 Å². The SMILES string of the molecule is Cc1ccc(-c2ccccc2CC2(C(=O)NCC3CCOCC3)CCOCC2)c(C)c1. The second-order valence-electron chi connectivity index (χ2n) is 9.31. The van der Waals surface area contributed by atoms with Gasteiger partial charge in [-0.1, -0.05) is 48.0 Å². The Morgan fingerprint density at radius 3 is 2.42 bits per heavy atom. The lowest BCUT2D eigenvalue weighted by atomic mass is 9.73. The molecule has 0 aromatic heterocycles. The van der Waals surface area contributed by atoms with E-state index in [-0.39, 0.29) is 5.91 Å². The van der Waals surface area contributed by atoms with Crippen molar-refractivity contribution in [1.29, 1.82) is 0 Å². The third kappa shape index (κ3) is 5.19. The third-order valence-corrected chi connectivity index (χ3v) is 7.04. The average molecular weight is 422 g/mol. The fourth-order valence-corrected chi connectivity index (χ4v) is 5.04. The highest BCUT2D eigenvalue weighted by Crippen LogP contribution is 2.38. The van der Waals surface area contributed by atoms with Gasteiger partial charge in [0.1, 0.15) is 0 Å². The van der Waals surface area contributed by atoms with Gasteiger partial charge >= 0.3 is 0 Å². The largest absolute Gasteiger partial charge is 0.381 e. The normalized spacial score (nSPS) is 19.2. The molecule has 0 radical (unpaired) electrons. The predicted octanol–water partition coefficient (Wildman–Crippen LogP) is 4.85. The lowest BCUT2D eigenvalue weighted by Gasteiger charge is -2.37. The molecule has 2 aliphatic heterocycles. The first-order valence-electron chi connectivity index (χ1n) is 11.7. The first-order valence-corrected chi connectivity index (χ1v) is 11.7. The molecule has 0 aliphatic carbocycles. The van der Waals surface area contributed by atoms with E-state index in [1.165, 1.54) is 27.8 Å². The van der Waals surface area contributed by atoms with Crippen molar-refractivity contribution < 1.29 is 14.3 Å². The second kappa shape index (κ2) is 9.97. The molecule has 1 N–H and O–H groups in total. The highest BCUT2D eigenvalue weighted by Gasteiger charge is 2.40. The molecule has 4 rings (SSSR count). The van der Waals surface area contributed by atoms with Crippen LogP contribution in [-0.2, 0) is 20.7 Å². The summed E-state index contributed by atoms with van der Waals surface area (Å²) in [6, 6.07) is 15.2. The van der Waals surface area contributed by atoms with Gasteiger partial charge in [-0.2, -0.15) is 0 Å². The van der Waals surface area contributed by atoms with Crippen molar-refractivity contribution >= 4 is 5.91 Å². The first-order chi connectivity index (χ1) is 15.1. The topological polar surface area (TPSA) is 47.6 Å². The van der Waals surface area contributed by atoms with Crippen LogP contribution in [0.2, 0.25) is 0 Å². The molecule has 4 nitrogen and oxygen atoms in total. The summed E-state index contributed by atoms with van der Waals surface area (Å²) in [6.07, 6.45) is 4.36. The molecule has 2 saturated heterocycles. The number of aryl methyl sites for hydroxylation is 2. The minimum atomic E-state index is -0.405. The maximum atomic E-state index is 13.5. The van der Waals surface area contributed by atoms with Crippen LogP contribution in [0.4, 0.5) is 0 Å². The van der Waals surface area contributed by atoms with Crippen LogP contribution in [0.25, 0.3) is 11.1 Å². The Hall–Kier alpha value is -2.17. The van der Waals surface area contributed by atoms with E-state index in [1.807, 2.05) is 0 Å². The molecule has 0 spiro atoms. The summed E-state index contributed by atoms with van der Waals surface area (Å²) in [6.45, 7) is 7.97. The molecular formula is C27H35NO3. The molecule has 2 aromatic carbocycles. The van der Waals surface area contributed by atoms with E-state index in [4.69, 9.17) is 9.47 Å². The summed E-state index contributed by atoms with van der Waals surface area (Å²) in [5.74, 6) is 0.717. The van der Waals surface area contributed by atoms with Crippen LogP contribution in [0.1, 0.15) is 42.4 Å². The molecule has 0 saturated carbocycles. The summed E-state index contributed by atoms with van der Waals surface area (Å²) in [5, 5.41) is 3.31. The smallest absolute Gasteiger partial charge is 0.226 e. The quantitative estimate of drug-likeness (QED) is 0.725. The van der Waals surface area contributed by atoms with Gasteiger partial charge in [0.2, 0.25) is 5.91 Å². The molecule has 2 aromatic rings. The lowest BCUT2D eigenvalue weighted by Crippen LogP contribution is -2.47. The molecule has 2 aliphatic rings. The number of nitrogens with one attached hydrogen (secondary N) is 1. The molecule has 31 heavy (non-hydrogen) atoms. The lowest BCUT2D eigenvalue weighted by molar-refractivity contribution is -0.137. The standard InChI is InChI=1S/C27H35NO3/c1-20-7-8-24(21(2)17-20)25-6-4-3-5-23(25)18-27(11-15-31-16-12-27)26(29)28-19-22-9-13-30-14-10-22/h3-8,17,22H,9-16,18-19H2,1-2H3,(H,28,29). The molecule has 0 bridgehead atoms. The summed E-state index contributed by atoms with van der Waals surface area (Å²) < 4.78 is 11.1. The van der Waals surface area contributed by atoms with E-state index in [0.29, 0.717) is 19.1 Å². The van der Waals surface area contributed by atoms with Gasteiger partial charge in [0.15, 0.2) is 0 Å². The number of rotatable bonds is 6. The van der Waals surface area contributed by atoms with Gasteiger partial charge < -0.3 is 14.8 Å². The van der Waals surface area contributed by atoms with E-state index in [1.54, 1.807) is 0 Å². The van der Waals surface area contributed by atoms with Crippen LogP contribution in [0.5, 0.6) is 0 Å². The van der Waals surface area contributed by atoms with E-state index in [9.17, 15) is 4.79 Å². The van der Waals surface area contributed by atoms with Crippen LogP contribution in [0.15, 0.2) is 42.5 Å². The molecule has 0 unspecified atom stereocenters. The van der Waals surface area contributed by atoms with E-state index in [0.717, 1.165) is 51.9 Å². The number of hydrogen-bond acceptors (Lipinski definition) is 3. The van der Waals surface area contributed by atoms with Crippen LogP contribution in [0, 0.1) is 25.2 Å². The van der Waals surface area contributed by atoms with Gasteiger partial charge in [0.25, 0.3) is 0 Å². The number of carbonyl (C=O) groups excluding carboxylic acids is 1. The Bertz CT molecular complexity index is 895. The molecule has 2 fully saturated rings. The Morgan fingerprint density at radius 2 is 1.68 bits per heavy atom. The highest BCUT2D eigenvalue weighted by molar-refractivity contribution is 5.84. The number of benzene rings is 2. The van der Waals surface area contributed by atoms with Crippen molar-refractivity contribution in [3.05, 3.63) is 59.2 Å². The third-order valence-electron chi connectivity index (χ3n) is 7.04. The van der Waals surface area contributed by atoms with Gasteiger partial charge in [0.05, 0.1) is 5.41 Å². The molecule has 4 heteroatoms. The molecule has 166 valence electrons. The average Bonchev–Trinajstić information content (AvgIpc) is 2.79. The van der Waals surface area contributed by atoms with Gasteiger partial charge in [-0.25, -0.2) is 0 Å². The minimum absolute atomic E-state index is 0.192. The Balaban J connectivity index is 1.57. The zero-order valence-electron chi connectivity index (χ0n) is 18.9. The minimum Gasteiger partial charge on any atom is -0.381 e. The van der Waals surface area contributed by atoms with Crippen molar-refractivity contribution in [1.82, 2.24) is 5.32 Å². The molecule has 1 amide bonds. The summed E-state index contributed by atoms with van der Waals surface area (Å²) >= 11 is 0. The number of ether oxygens (including phenoxy) is 2. The van der Waals surface area contributed by atoms with Gasteiger partial charge in [-0.3, -0.25) is 4.79 Å². The van der Waals surface area contributed by atoms with Crippen molar-refractivity contribution in [3.8, 4) is 11.1 Å². The zero-order chi connectivity index (χ0) is 21.7. The summed E-state index contributed by atoms with van der Waals surface area (Å²) in [7, 11) is 0. The van der Waals surface area contributed by atoms with Crippen LogP contribution < -0.4 is 5.32 Å². The zero-order valence-corrected chi connectivity index (χ0v) is 18.9. The van der Waals surface area contributed by atoms with Crippen LogP contribution in [0.3, 0.4) is 0 Å². The summed E-state index contributed by atoms with van der Waals surface area (Å²) in [4.78, 5) is 13.5. The number of amides is 1. The maximum absolute atomic E-state index is 13.5. The van der Waals surface area contributed by atoms with E-state index >= 15 is 0 Å². The van der Waals surface area contributed by atoms with Crippen molar-refractivity contribution in [2.24, 2.45) is 11.3 Å². The van der Waals surface area contributed by atoms with E-state index < -0.39 is 5.41 Å². The van der Waals surface area contributed by atoms with Gasteiger partial charge in [-0.05, 0) is 74.1 Å². The Kier molecular flexibility index (Phi) is 7.09. The van der Waals surface area contributed by atoms with Crippen molar-refractivity contribution in [2.75, 3.05) is 33.0 Å². The van der Waals surface area contributed by atoms with Gasteiger partial charge in [-0.15, -0.1) is 0 Å². The molecule has 2 heterocycles. The maximum Gasteiger partial charge on any atom is 0.226 e. The Morgan fingerprint density at radius 1 is 0.968 bits per heavy atom. The molecular weight excluding hydrogens is 386 g/mol. The summed E-state index contributed by atoms with van der Waals surface area (Å²) in [5.41, 5.74) is 5.88. The Labute approximate surface area is 186 Å². The van der Waals surface area contributed by atoms with Crippen LogP contribution in [-0.4, -0.2) is 38.9 Å². The van der Waals surface area contributed by atoms with Crippen molar-refractivity contribution in [3.63, 3.8) is 0 Å². The second-order valence-corrected chi connectivity index (χ2v) is 9.31. The molecule has 0 atom stereocenters. The fraction of sp³-hybridized carbons (Fsp3) is 0.519. The monoisotopic (exact) mass is 421 g/mol. The first kappa shape index (κ1) is 22.0. The number of carbonyl (C=O) groups is 1. The highest BCUT2D eigenvalue weighted by atomic mass is 16.5. The van der Waals surface area contributed by atoms with E-state index in [2.05, 4.69) is 61.6 Å². The number of hydrogen-bond donors (Lipinski definition) is 1. The fourth-order valence-electron chi connectivity index (χ4n) is 5.04.